The van der Waals surface area contributed by atoms with Gasteiger partial charge in [-0.05, 0) is 137 Å². The van der Waals surface area contributed by atoms with Gasteiger partial charge in [-0.3, -0.25) is 0 Å². The van der Waals surface area contributed by atoms with Gasteiger partial charge in [0, 0.05) is 56.0 Å². The van der Waals surface area contributed by atoms with Crippen LogP contribution in [-0.4, -0.2) is 12.3 Å². The van der Waals surface area contributed by atoms with Gasteiger partial charge in [-0.2, -0.15) is 0 Å². The van der Waals surface area contributed by atoms with Crippen molar-refractivity contribution in [2.75, 3.05) is 14.7 Å². The first-order valence-electron chi connectivity index (χ1n) is 23.6. The normalized spacial score (nSPS) is 19.7. The Morgan fingerprint density at radius 3 is 1.91 bits per heavy atom. The first-order chi connectivity index (χ1) is 30.7. The average molecular weight is 836 g/mol. The third kappa shape index (κ3) is 5.36. The minimum absolute atomic E-state index is 0.0175. The van der Waals surface area contributed by atoms with Crippen molar-refractivity contribution in [3.05, 3.63) is 162 Å². The van der Waals surface area contributed by atoms with Crippen LogP contribution in [0.25, 0.3) is 21.9 Å². The summed E-state index contributed by atoms with van der Waals surface area (Å²) in [7, 11) is 0. The fourth-order valence-electron chi connectivity index (χ4n) is 12.4. The highest BCUT2D eigenvalue weighted by molar-refractivity contribution is 7.01. The lowest BCUT2D eigenvalue weighted by atomic mass is 9.33. The van der Waals surface area contributed by atoms with E-state index >= 15 is 0 Å². The minimum atomic E-state index is -0.138. The summed E-state index contributed by atoms with van der Waals surface area (Å²) in [4.78, 5) is 7.94. The summed E-state index contributed by atoms with van der Waals surface area (Å²) in [6.45, 7) is 21.6. The largest absolute Gasteiger partial charge is 0.457 e. The Hall–Kier alpha value is -6.20. The molecule has 0 spiro atoms. The van der Waals surface area contributed by atoms with E-state index in [4.69, 9.17) is 4.42 Å². The molecule has 0 bridgehead atoms. The lowest BCUT2D eigenvalue weighted by Gasteiger charge is -2.53. The molecule has 4 heterocycles. The highest BCUT2D eigenvalue weighted by atomic mass is 16.3. The Morgan fingerprint density at radius 2 is 1.22 bits per heavy atom. The number of benzene rings is 7. The van der Waals surface area contributed by atoms with Gasteiger partial charge in [-0.1, -0.05) is 140 Å². The molecule has 0 amide bonds. The second-order valence-corrected chi connectivity index (χ2v) is 21.8. The van der Waals surface area contributed by atoms with Gasteiger partial charge >= 0.3 is 0 Å². The molecule has 0 saturated heterocycles. The maximum Gasteiger partial charge on any atom is 0.257 e. The van der Waals surface area contributed by atoms with E-state index in [2.05, 4.69) is 217 Å². The van der Waals surface area contributed by atoms with Crippen LogP contribution in [0, 0.1) is 6.92 Å². The van der Waals surface area contributed by atoms with E-state index in [0.717, 1.165) is 40.0 Å². The van der Waals surface area contributed by atoms with Crippen molar-refractivity contribution in [3.63, 3.8) is 0 Å². The number of anilines is 8. The molecule has 1 aliphatic carbocycles. The molecule has 3 aliphatic heterocycles. The molecule has 7 aromatic carbocycles. The number of hydrogen-bond donors (Lipinski definition) is 0. The number of para-hydroxylation sites is 3. The van der Waals surface area contributed by atoms with Crippen molar-refractivity contribution in [2.45, 2.75) is 110 Å². The molecule has 0 N–H and O–H groups in total. The van der Waals surface area contributed by atoms with Gasteiger partial charge in [0.2, 0.25) is 0 Å². The first kappa shape index (κ1) is 39.4. The van der Waals surface area contributed by atoms with Crippen LogP contribution in [0.3, 0.4) is 0 Å². The molecule has 8 aromatic rings. The molecule has 1 fully saturated rings. The molecule has 64 heavy (non-hydrogen) atoms. The minimum Gasteiger partial charge on any atom is -0.457 e. The van der Waals surface area contributed by atoms with Crippen LogP contribution in [0.2, 0.25) is 0 Å². The van der Waals surface area contributed by atoms with Crippen molar-refractivity contribution in [1.82, 2.24) is 0 Å². The van der Waals surface area contributed by atoms with Crippen molar-refractivity contribution in [1.29, 1.82) is 0 Å². The molecule has 4 nitrogen and oxygen atoms in total. The van der Waals surface area contributed by atoms with Crippen molar-refractivity contribution >= 4 is 90.5 Å². The number of fused-ring (bicyclic) bond motifs is 11. The third-order valence-corrected chi connectivity index (χ3v) is 16.0. The SMILES string of the molecule is Cc1cc(C(C)(C)C)ccc1N1c2cc(N(c3ccccc3)c3ccccc3)cc3c2B(c2cc(C(C)(C)C)cc4c2N3C2(C)CCCCC42C)c2c1ccc1c2oc2ccccc21. The Morgan fingerprint density at radius 1 is 0.578 bits per heavy atom. The second kappa shape index (κ2) is 13.4. The molecule has 5 heteroatoms. The Balaban J connectivity index is 1.27. The van der Waals surface area contributed by atoms with Crippen LogP contribution < -0.4 is 31.1 Å². The predicted octanol–water partition coefficient (Wildman–Crippen LogP) is 14.3. The number of nitrogens with zero attached hydrogens (tertiary/aromatic N) is 3. The Labute approximate surface area is 379 Å². The molecule has 4 aliphatic rings. The van der Waals surface area contributed by atoms with E-state index in [1.807, 2.05) is 0 Å². The van der Waals surface area contributed by atoms with Crippen LogP contribution in [0.15, 0.2) is 144 Å². The van der Waals surface area contributed by atoms with Crippen LogP contribution in [0.4, 0.5) is 45.5 Å². The summed E-state index contributed by atoms with van der Waals surface area (Å²) in [5.41, 5.74) is 21.0. The van der Waals surface area contributed by atoms with Gasteiger partial charge in [-0.25, -0.2) is 0 Å². The van der Waals surface area contributed by atoms with Crippen LogP contribution >= 0.6 is 0 Å². The Bertz CT molecular complexity index is 3170. The Kier molecular flexibility index (Phi) is 8.26. The number of hydrogen-bond acceptors (Lipinski definition) is 4. The monoisotopic (exact) mass is 835 g/mol. The summed E-state index contributed by atoms with van der Waals surface area (Å²) in [5, 5.41) is 2.34. The van der Waals surface area contributed by atoms with Gasteiger partial charge in [-0.15, -0.1) is 0 Å². The fraction of sp³-hybridized carbons (Fsp3) is 0.288. The standard InChI is InChI=1S/C59H58BN3O/c1-37-32-38(56(2,3)4)26-28-47(37)62-48-29-27-44-43-24-16-17-25-51(43)64-55(44)53(48)60-46-34-39(57(5,6)7)33-45-54(46)63(59(9)31-19-18-30-58(45,59)8)50-36-42(35-49(62)52(50)60)61(40-20-12-10-13-21-40)41-22-14-11-15-23-41/h10-17,20-29,32-36H,18-19,30-31H2,1-9H3. The topological polar surface area (TPSA) is 22.9 Å². The quantitative estimate of drug-likeness (QED) is 0.165. The summed E-state index contributed by atoms with van der Waals surface area (Å²) in [6, 6.07) is 52.7. The van der Waals surface area contributed by atoms with Gasteiger partial charge in [0.15, 0.2) is 0 Å². The summed E-state index contributed by atoms with van der Waals surface area (Å²) in [6.07, 6.45) is 4.76. The molecular formula is C59H58BN3O. The molecule has 1 saturated carbocycles. The highest BCUT2D eigenvalue weighted by Gasteiger charge is 2.62. The average Bonchev–Trinajstić information content (AvgIpc) is 3.76. The van der Waals surface area contributed by atoms with E-state index in [1.54, 1.807) is 0 Å². The van der Waals surface area contributed by atoms with Crippen LogP contribution in [-0.2, 0) is 16.2 Å². The molecular weight excluding hydrogens is 777 g/mol. The van der Waals surface area contributed by atoms with E-state index in [1.165, 1.54) is 91.7 Å². The maximum absolute atomic E-state index is 7.19. The van der Waals surface area contributed by atoms with Gasteiger partial charge in [0.05, 0.1) is 11.2 Å². The zero-order valence-electron chi connectivity index (χ0n) is 38.9. The van der Waals surface area contributed by atoms with Gasteiger partial charge < -0.3 is 19.1 Å². The van der Waals surface area contributed by atoms with Gasteiger partial charge in [0.25, 0.3) is 6.71 Å². The molecule has 2 unspecified atom stereocenters. The zero-order chi connectivity index (χ0) is 44.1. The smallest absolute Gasteiger partial charge is 0.257 e. The van der Waals surface area contributed by atoms with E-state index < -0.39 is 0 Å². The third-order valence-electron chi connectivity index (χ3n) is 16.0. The molecule has 0 radical (unpaired) electrons. The highest BCUT2D eigenvalue weighted by Crippen LogP contribution is 2.63. The number of aryl methyl sites for hydroxylation is 1. The van der Waals surface area contributed by atoms with Crippen molar-refractivity contribution in [2.24, 2.45) is 0 Å². The number of rotatable bonds is 4. The maximum atomic E-state index is 7.19. The molecule has 2 atom stereocenters. The molecule has 12 rings (SSSR count). The fourth-order valence-corrected chi connectivity index (χ4v) is 12.4. The lowest BCUT2D eigenvalue weighted by Crippen LogP contribution is -2.64. The zero-order valence-corrected chi connectivity index (χ0v) is 38.9. The lowest BCUT2D eigenvalue weighted by molar-refractivity contribution is 0.195. The second-order valence-electron chi connectivity index (χ2n) is 21.8. The molecule has 1 aromatic heterocycles. The summed E-state index contributed by atoms with van der Waals surface area (Å²) < 4.78 is 7.19. The summed E-state index contributed by atoms with van der Waals surface area (Å²) >= 11 is 0. The van der Waals surface area contributed by atoms with Crippen molar-refractivity contribution in [3.8, 4) is 0 Å². The number of furan rings is 1. The van der Waals surface area contributed by atoms with Crippen molar-refractivity contribution < 1.29 is 4.42 Å². The van der Waals surface area contributed by atoms with E-state index in [0.29, 0.717) is 0 Å². The van der Waals surface area contributed by atoms with Gasteiger partial charge in [0.1, 0.15) is 11.2 Å². The van der Waals surface area contributed by atoms with E-state index in [-0.39, 0.29) is 28.5 Å². The first-order valence-corrected chi connectivity index (χ1v) is 23.6. The summed E-state index contributed by atoms with van der Waals surface area (Å²) in [5.74, 6) is 0. The van der Waals surface area contributed by atoms with Crippen LogP contribution in [0.5, 0.6) is 0 Å². The predicted molar refractivity (Wildman–Crippen MR) is 273 cm³/mol. The van der Waals surface area contributed by atoms with Crippen LogP contribution in [0.1, 0.15) is 103 Å². The molecule has 318 valence electrons. The van der Waals surface area contributed by atoms with E-state index in [9.17, 15) is 0 Å².